The summed E-state index contributed by atoms with van der Waals surface area (Å²) in [6.07, 6.45) is 1.62. The maximum atomic E-state index is 8.64. The fourth-order valence-corrected chi connectivity index (χ4v) is 1.26. The van der Waals surface area contributed by atoms with Gasteiger partial charge in [0.1, 0.15) is 10.9 Å². The quantitative estimate of drug-likeness (QED) is 0.683. The van der Waals surface area contributed by atoms with Gasteiger partial charge in [-0.15, -0.1) is 11.3 Å². The summed E-state index contributed by atoms with van der Waals surface area (Å²) in [6, 6.07) is 1.95. The highest BCUT2D eigenvalue weighted by atomic mass is 32.1. The van der Waals surface area contributed by atoms with Gasteiger partial charge in [-0.25, -0.2) is 4.98 Å². The zero-order chi connectivity index (χ0) is 7.40. The summed E-state index contributed by atoms with van der Waals surface area (Å²) in [5.41, 5.74) is 0. The van der Waals surface area contributed by atoms with E-state index in [2.05, 4.69) is 4.98 Å². The van der Waals surface area contributed by atoms with Gasteiger partial charge >= 0.3 is 0 Å². The van der Waals surface area contributed by atoms with Gasteiger partial charge in [0.25, 0.3) is 0 Å². The maximum Gasteiger partial charge on any atom is 0.121 e. The highest BCUT2D eigenvalue weighted by Crippen LogP contribution is 2.15. The second-order valence-corrected chi connectivity index (χ2v) is 2.66. The van der Waals surface area contributed by atoms with Crippen molar-refractivity contribution in [1.82, 2.24) is 4.98 Å². The van der Waals surface area contributed by atoms with Crippen LogP contribution < -0.4 is 0 Å². The molecule has 0 spiro atoms. The fraction of sp³-hybridized carbons (Fsp3) is 0.333. The van der Waals surface area contributed by atoms with E-state index in [1.165, 1.54) is 11.3 Å². The van der Waals surface area contributed by atoms with Crippen molar-refractivity contribution < 1.29 is 5.11 Å². The van der Waals surface area contributed by atoms with Crippen LogP contribution in [0.3, 0.4) is 0 Å². The molecule has 1 rings (SSSR count). The highest BCUT2D eigenvalue weighted by molar-refractivity contribution is 7.09. The first-order chi connectivity index (χ1) is 4.88. The van der Waals surface area contributed by atoms with E-state index in [4.69, 9.17) is 10.4 Å². The van der Waals surface area contributed by atoms with E-state index >= 15 is 0 Å². The van der Waals surface area contributed by atoms with Gasteiger partial charge < -0.3 is 5.11 Å². The van der Waals surface area contributed by atoms with E-state index in [0.717, 1.165) is 0 Å². The number of rotatable bonds is 2. The molecule has 0 saturated carbocycles. The summed E-state index contributed by atoms with van der Waals surface area (Å²) in [7, 11) is 0. The summed E-state index contributed by atoms with van der Waals surface area (Å²) in [5.74, 6) is -0.444. The van der Waals surface area contributed by atoms with Gasteiger partial charge in [0.05, 0.1) is 12.7 Å². The van der Waals surface area contributed by atoms with Crippen molar-refractivity contribution in [3.8, 4) is 6.07 Å². The largest absolute Gasteiger partial charge is 0.395 e. The first-order valence-electron chi connectivity index (χ1n) is 2.78. The Kier molecular flexibility index (Phi) is 2.37. The van der Waals surface area contributed by atoms with Crippen molar-refractivity contribution >= 4 is 11.3 Å². The number of nitrogens with zero attached hydrogens (tertiary/aromatic N) is 2. The smallest absolute Gasteiger partial charge is 0.121 e. The third kappa shape index (κ3) is 1.32. The number of aliphatic hydroxyl groups is 1. The molecule has 0 amide bonds. The van der Waals surface area contributed by atoms with E-state index < -0.39 is 5.92 Å². The van der Waals surface area contributed by atoms with Crippen LogP contribution in [0, 0.1) is 11.3 Å². The number of aromatic nitrogens is 1. The Hall–Kier alpha value is -0.920. The predicted octanol–water partition coefficient (Wildman–Crippen LogP) is 0.743. The van der Waals surface area contributed by atoms with Crippen LogP contribution in [0.15, 0.2) is 11.6 Å². The number of hydrogen-bond acceptors (Lipinski definition) is 4. The number of nitriles is 1. The summed E-state index contributed by atoms with van der Waals surface area (Å²) < 4.78 is 0. The monoisotopic (exact) mass is 154 g/mol. The van der Waals surface area contributed by atoms with Crippen LogP contribution in [0.2, 0.25) is 0 Å². The summed E-state index contributed by atoms with van der Waals surface area (Å²) in [5, 5.41) is 19.6. The van der Waals surface area contributed by atoms with E-state index in [9.17, 15) is 0 Å². The molecule has 1 unspecified atom stereocenters. The first kappa shape index (κ1) is 7.19. The van der Waals surface area contributed by atoms with Crippen LogP contribution in [-0.2, 0) is 0 Å². The third-order valence-corrected chi connectivity index (χ3v) is 1.98. The zero-order valence-corrected chi connectivity index (χ0v) is 6.01. The minimum atomic E-state index is -0.444. The van der Waals surface area contributed by atoms with Crippen molar-refractivity contribution in [1.29, 1.82) is 5.26 Å². The molecule has 0 radical (unpaired) electrons. The third-order valence-electron chi connectivity index (χ3n) is 1.09. The Morgan fingerprint density at radius 3 is 3.10 bits per heavy atom. The van der Waals surface area contributed by atoms with Crippen LogP contribution in [0.25, 0.3) is 0 Å². The summed E-state index contributed by atoms with van der Waals surface area (Å²) in [6.45, 7) is -0.149. The van der Waals surface area contributed by atoms with E-state index in [0.29, 0.717) is 5.01 Å². The minimum absolute atomic E-state index is 0.149. The number of aliphatic hydroxyl groups excluding tert-OH is 1. The second-order valence-electron chi connectivity index (χ2n) is 1.73. The molecular formula is C6H6N2OS. The second kappa shape index (κ2) is 3.30. The molecule has 52 valence electrons. The summed E-state index contributed by atoms with van der Waals surface area (Å²) >= 11 is 1.39. The van der Waals surface area contributed by atoms with Gasteiger partial charge in [0.15, 0.2) is 0 Å². The lowest BCUT2D eigenvalue weighted by Crippen LogP contribution is -1.99. The molecule has 1 atom stereocenters. The van der Waals surface area contributed by atoms with Crippen LogP contribution >= 0.6 is 11.3 Å². The molecule has 1 heterocycles. The van der Waals surface area contributed by atoms with Crippen molar-refractivity contribution in [2.75, 3.05) is 6.61 Å². The Morgan fingerprint density at radius 2 is 2.70 bits per heavy atom. The molecule has 0 saturated heterocycles. The van der Waals surface area contributed by atoms with Crippen molar-refractivity contribution in [3.05, 3.63) is 16.6 Å². The Morgan fingerprint density at radius 1 is 1.90 bits per heavy atom. The van der Waals surface area contributed by atoms with Crippen LogP contribution in [0.4, 0.5) is 0 Å². The SMILES string of the molecule is N#CC(CO)c1nccs1. The van der Waals surface area contributed by atoms with Gasteiger partial charge in [0, 0.05) is 11.6 Å². The lowest BCUT2D eigenvalue weighted by atomic mass is 10.2. The highest BCUT2D eigenvalue weighted by Gasteiger charge is 2.10. The number of hydrogen-bond donors (Lipinski definition) is 1. The Bertz CT molecular complexity index is 226. The lowest BCUT2D eigenvalue weighted by Gasteiger charge is -1.96. The molecule has 1 aromatic rings. The molecule has 0 fully saturated rings. The van der Waals surface area contributed by atoms with Gasteiger partial charge in [-0.1, -0.05) is 0 Å². The maximum absolute atomic E-state index is 8.64. The van der Waals surface area contributed by atoms with Gasteiger partial charge in [0.2, 0.25) is 0 Å². The topological polar surface area (TPSA) is 56.9 Å². The standard InChI is InChI=1S/C6H6N2OS/c7-3-5(4-9)6-8-1-2-10-6/h1-2,5,9H,4H2. The number of thiazole rings is 1. The molecule has 0 aliphatic carbocycles. The lowest BCUT2D eigenvalue weighted by molar-refractivity contribution is 0.285. The molecule has 3 nitrogen and oxygen atoms in total. The molecule has 0 bridgehead atoms. The zero-order valence-electron chi connectivity index (χ0n) is 5.19. The van der Waals surface area contributed by atoms with Gasteiger partial charge in [-0.05, 0) is 0 Å². The molecule has 10 heavy (non-hydrogen) atoms. The molecule has 0 aliphatic heterocycles. The average Bonchev–Trinajstić information content (AvgIpc) is 2.43. The van der Waals surface area contributed by atoms with Crippen molar-refractivity contribution in [3.63, 3.8) is 0 Å². The normalized spacial score (nSPS) is 12.4. The molecule has 4 heteroatoms. The Balaban J connectivity index is 2.76. The van der Waals surface area contributed by atoms with Crippen LogP contribution in [-0.4, -0.2) is 16.7 Å². The molecule has 0 aliphatic rings. The first-order valence-corrected chi connectivity index (χ1v) is 3.66. The minimum Gasteiger partial charge on any atom is -0.395 e. The fourth-order valence-electron chi connectivity index (χ4n) is 0.581. The van der Waals surface area contributed by atoms with Crippen LogP contribution in [0.5, 0.6) is 0 Å². The van der Waals surface area contributed by atoms with Gasteiger partial charge in [-0.3, -0.25) is 0 Å². The summed E-state index contributed by atoms with van der Waals surface area (Å²) in [4.78, 5) is 3.89. The van der Waals surface area contributed by atoms with E-state index in [1.54, 1.807) is 11.6 Å². The van der Waals surface area contributed by atoms with E-state index in [1.807, 2.05) is 6.07 Å². The predicted molar refractivity (Wildman–Crippen MR) is 37.6 cm³/mol. The molecular weight excluding hydrogens is 148 g/mol. The molecule has 1 aromatic heterocycles. The molecule has 1 N–H and O–H groups in total. The van der Waals surface area contributed by atoms with E-state index in [-0.39, 0.29) is 6.61 Å². The van der Waals surface area contributed by atoms with Crippen molar-refractivity contribution in [2.45, 2.75) is 5.92 Å². The Labute approximate surface area is 62.6 Å². The van der Waals surface area contributed by atoms with Gasteiger partial charge in [-0.2, -0.15) is 5.26 Å². The van der Waals surface area contributed by atoms with Crippen molar-refractivity contribution in [2.24, 2.45) is 0 Å². The van der Waals surface area contributed by atoms with Crippen LogP contribution in [0.1, 0.15) is 10.9 Å². The molecule has 0 aromatic carbocycles. The average molecular weight is 154 g/mol.